The van der Waals surface area contributed by atoms with Gasteiger partial charge in [-0.15, -0.1) is 0 Å². The Labute approximate surface area is 198 Å². The minimum Gasteiger partial charge on any atom is -0.508 e. The normalized spacial score (nSPS) is 23.6. The highest BCUT2D eigenvalue weighted by molar-refractivity contribution is 7.89. The zero-order chi connectivity index (χ0) is 24.0. The molecular weight excluding hydrogens is 432 g/mol. The average Bonchev–Trinajstić information content (AvgIpc) is 2.93. The van der Waals surface area contributed by atoms with Crippen LogP contribution in [-0.2, 0) is 22.9 Å². The molecule has 0 spiro atoms. The van der Waals surface area contributed by atoms with E-state index in [1.54, 1.807) is 24.3 Å². The summed E-state index contributed by atoms with van der Waals surface area (Å²) in [6.07, 6.45) is 4.55. The van der Waals surface area contributed by atoms with E-state index in [0.29, 0.717) is 11.7 Å². The van der Waals surface area contributed by atoms with Crippen LogP contribution in [0.25, 0.3) is 0 Å². The number of nitrogens with zero attached hydrogens (tertiary/aromatic N) is 1. The van der Waals surface area contributed by atoms with Crippen molar-refractivity contribution in [3.05, 3.63) is 58.7 Å². The zero-order valence-electron chi connectivity index (χ0n) is 20.4. The van der Waals surface area contributed by atoms with Crippen LogP contribution in [0.5, 0.6) is 5.75 Å². The lowest BCUT2D eigenvalue weighted by Gasteiger charge is -2.44. The minimum absolute atomic E-state index is 0.153. The van der Waals surface area contributed by atoms with Crippen molar-refractivity contribution in [3.8, 4) is 5.75 Å². The van der Waals surface area contributed by atoms with Crippen molar-refractivity contribution in [2.24, 2.45) is 22.4 Å². The highest BCUT2D eigenvalue weighted by atomic mass is 32.2. The van der Waals surface area contributed by atoms with Crippen LogP contribution in [0.3, 0.4) is 0 Å². The Hall–Kier alpha value is -2.34. The number of rotatable bonds is 4. The number of hydrogen-bond donors (Lipinski definition) is 2. The third-order valence-electron chi connectivity index (χ3n) is 7.72. The molecule has 0 bridgehead atoms. The zero-order valence-corrected chi connectivity index (χ0v) is 21.2. The second-order valence-electron chi connectivity index (χ2n) is 10.8. The Morgan fingerprint density at radius 3 is 2.45 bits per heavy atom. The Bertz CT molecular complexity index is 1160. The van der Waals surface area contributed by atoms with Crippen LogP contribution in [0.4, 0.5) is 0 Å². The van der Waals surface area contributed by atoms with Crippen LogP contribution < -0.4 is 4.83 Å². The third kappa shape index (κ3) is 4.81. The number of phenolic OH excluding ortho intramolecular Hbond substituents is 1. The molecule has 2 atom stereocenters. The number of nitrogens with one attached hydrogen (secondary N) is 1. The number of hydrazone groups is 1. The first kappa shape index (κ1) is 23.8. The second kappa shape index (κ2) is 8.79. The topological polar surface area (TPSA) is 78.8 Å². The van der Waals surface area contributed by atoms with E-state index in [-0.39, 0.29) is 22.1 Å². The van der Waals surface area contributed by atoms with Crippen LogP contribution in [0.1, 0.15) is 75.1 Å². The number of aromatic hydroxyl groups is 1. The molecule has 2 aromatic carbocycles. The molecule has 1 fully saturated rings. The summed E-state index contributed by atoms with van der Waals surface area (Å²) >= 11 is 0. The minimum atomic E-state index is -3.71. The first-order valence-corrected chi connectivity index (χ1v) is 13.5. The van der Waals surface area contributed by atoms with E-state index < -0.39 is 10.0 Å². The van der Waals surface area contributed by atoms with Crippen molar-refractivity contribution in [2.75, 3.05) is 0 Å². The number of hydrogen-bond acceptors (Lipinski definition) is 4. The fourth-order valence-corrected chi connectivity index (χ4v) is 6.44. The quantitative estimate of drug-likeness (QED) is 0.565. The summed E-state index contributed by atoms with van der Waals surface area (Å²) < 4.78 is 25.7. The lowest BCUT2D eigenvalue weighted by molar-refractivity contribution is 0.132. The lowest BCUT2D eigenvalue weighted by Crippen LogP contribution is -2.42. The Balaban J connectivity index is 1.66. The van der Waals surface area contributed by atoms with E-state index in [0.717, 1.165) is 54.5 Å². The fourth-order valence-electron chi connectivity index (χ4n) is 5.61. The maximum Gasteiger partial charge on any atom is 0.276 e. The van der Waals surface area contributed by atoms with E-state index in [4.69, 9.17) is 0 Å². The van der Waals surface area contributed by atoms with Crippen molar-refractivity contribution in [1.29, 1.82) is 0 Å². The number of benzene rings is 2. The molecule has 4 rings (SSSR count). The first-order chi connectivity index (χ1) is 15.5. The summed E-state index contributed by atoms with van der Waals surface area (Å²) in [5.41, 5.74) is 5.56. The molecule has 0 heterocycles. The summed E-state index contributed by atoms with van der Waals surface area (Å²) in [6, 6.07) is 10.9. The predicted octanol–water partition coefficient (Wildman–Crippen LogP) is 5.70. The molecule has 0 radical (unpaired) electrons. The second-order valence-corrected chi connectivity index (χ2v) is 12.5. The van der Waals surface area contributed by atoms with Crippen LogP contribution in [-0.4, -0.2) is 19.2 Å². The molecule has 2 aromatic rings. The summed E-state index contributed by atoms with van der Waals surface area (Å²) in [6.45, 7) is 10.8. The molecule has 2 aliphatic carbocycles. The summed E-state index contributed by atoms with van der Waals surface area (Å²) in [7, 11) is -3.71. The van der Waals surface area contributed by atoms with Gasteiger partial charge in [0, 0.05) is 11.6 Å². The van der Waals surface area contributed by atoms with E-state index in [1.807, 2.05) is 13.0 Å². The van der Waals surface area contributed by atoms with Gasteiger partial charge in [-0.3, -0.25) is 0 Å². The fraction of sp³-hybridized carbons (Fsp3) is 0.519. The highest BCUT2D eigenvalue weighted by Crippen LogP contribution is 2.48. The lowest BCUT2D eigenvalue weighted by atomic mass is 9.61. The van der Waals surface area contributed by atoms with Crippen molar-refractivity contribution in [2.45, 2.75) is 77.5 Å². The van der Waals surface area contributed by atoms with Gasteiger partial charge in [-0.25, -0.2) is 4.83 Å². The van der Waals surface area contributed by atoms with Gasteiger partial charge >= 0.3 is 0 Å². The largest absolute Gasteiger partial charge is 0.508 e. The van der Waals surface area contributed by atoms with Crippen molar-refractivity contribution in [1.82, 2.24) is 4.83 Å². The summed E-state index contributed by atoms with van der Waals surface area (Å²) in [4.78, 5) is 2.74. The molecule has 0 aromatic heterocycles. The number of phenols is 1. The standard InChI is InChI=1S/C27H36N2O3S/c1-17(2)22-14-19-8-11-24-23(15-20(19)16-26(22)30)25(12-13-27(24,4)5)28-29-33(31,32)21-9-6-18(3)7-10-21/h6-7,9-10,14,16-17,23-24,29-30H,8,11-13,15H2,1-5H3/b28-25+/t23-,24-/m1/s1. The molecule has 178 valence electrons. The van der Waals surface area contributed by atoms with Gasteiger partial charge < -0.3 is 5.11 Å². The molecule has 2 N–H and O–H groups in total. The molecule has 6 heteroatoms. The molecular formula is C27H36N2O3S. The van der Waals surface area contributed by atoms with E-state index in [9.17, 15) is 13.5 Å². The molecule has 1 saturated carbocycles. The van der Waals surface area contributed by atoms with Crippen LogP contribution in [0.2, 0.25) is 0 Å². The maximum absolute atomic E-state index is 12.8. The van der Waals surface area contributed by atoms with Crippen molar-refractivity contribution < 1.29 is 13.5 Å². The Kier molecular flexibility index (Phi) is 6.34. The number of fused-ring (bicyclic) bond motifs is 2. The van der Waals surface area contributed by atoms with Crippen LogP contribution >= 0.6 is 0 Å². The Morgan fingerprint density at radius 1 is 1.09 bits per heavy atom. The molecule has 0 unspecified atom stereocenters. The van der Waals surface area contributed by atoms with Crippen molar-refractivity contribution >= 4 is 15.7 Å². The molecule has 0 aliphatic heterocycles. The van der Waals surface area contributed by atoms with Gasteiger partial charge in [0.1, 0.15) is 5.75 Å². The summed E-state index contributed by atoms with van der Waals surface area (Å²) in [5.74, 6) is 1.19. The van der Waals surface area contributed by atoms with Gasteiger partial charge in [0.2, 0.25) is 0 Å². The summed E-state index contributed by atoms with van der Waals surface area (Å²) in [5, 5.41) is 15.1. The van der Waals surface area contributed by atoms with Crippen molar-refractivity contribution in [3.63, 3.8) is 0 Å². The van der Waals surface area contributed by atoms with Gasteiger partial charge in [-0.05, 0) is 91.2 Å². The Morgan fingerprint density at radius 2 is 1.79 bits per heavy atom. The van der Waals surface area contributed by atoms with Gasteiger partial charge in [-0.1, -0.05) is 51.5 Å². The van der Waals surface area contributed by atoms with Gasteiger partial charge in [0.25, 0.3) is 10.0 Å². The number of sulfonamides is 1. The van der Waals surface area contributed by atoms with Gasteiger partial charge in [0.15, 0.2) is 0 Å². The van der Waals surface area contributed by atoms with E-state index in [2.05, 4.69) is 43.7 Å². The average molecular weight is 469 g/mol. The molecule has 0 saturated heterocycles. The maximum atomic E-state index is 12.8. The van der Waals surface area contributed by atoms with Crippen LogP contribution in [0.15, 0.2) is 46.4 Å². The van der Waals surface area contributed by atoms with E-state index in [1.165, 1.54) is 5.56 Å². The monoisotopic (exact) mass is 468 g/mol. The molecule has 5 nitrogen and oxygen atoms in total. The smallest absolute Gasteiger partial charge is 0.276 e. The highest BCUT2D eigenvalue weighted by Gasteiger charge is 2.43. The van der Waals surface area contributed by atoms with Gasteiger partial charge in [-0.2, -0.15) is 13.5 Å². The molecule has 33 heavy (non-hydrogen) atoms. The third-order valence-corrected chi connectivity index (χ3v) is 8.94. The SMILES string of the molecule is Cc1ccc(S(=O)(=O)N/N=C2\CCC(C)(C)[C@@H]3CCc4cc(C(C)C)c(O)cc4C[C@@H]23)cc1. The first-order valence-electron chi connectivity index (χ1n) is 12.0. The molecule has 2 aliphatic rings. The van der Waals surface area contributed by atoms with E-state index >= 15 is 0 Å². The van der Waals surface area contributed by atoms with Gasteiger partial charge in [0.05, 0.1) is 4.90 Å². The number of aryl methyl sites for hydroxylation is 2. The van der Waals surface area contributed by atoms with Crippen LogP contribution in [0, 0.1) is 24.2 Å². The predicted molar refractivity (Wildman–Crippen MR) is 133 cm³/mol. The molecule has 0 amide bonds.